The van der Waals surface area contributed by atoms with Crippen molar-refractivity contribution in [2.75, 3.05) is 47.5 Å². The number of methoxy groups -OCH3 is 1. The highest BCUT2D eigenvalue weighted by molar-refractivity contribution is 14.0. The Bertz CT molecular complexity index is 457. The fraction of sp³-hybridized carbons (Fsp3) is 0.875. The lowest BCUT2D eigenvalue weighted by molar-refractivity contribution is -0.127. The van der Waals surface area contributed by atoms with E-state index in [9.17, 15) is 4.79 Å². The molecular formula is C16H31IN4O3. The molecule has 1 aliphatic heterocycles. The van der Waals surface area contributed by atoms with Crippen LogP contribution < -0.4 is 10.6 Å². The minimum absolute atomic E-state index is 0. The van der Waals surface area contributed by atoms with Crippen LogP contribution >= 0.6 is 24.0 Å². The van der Waals surface area contributed by atoms with E-state index in [1.54, 1.807) is 26.1 Å². The first kappa shape index (κ1) is 21.4. The quantitative estimate of drug-likeness (QED) is 0.268. The van der Waals surface area contributed by atoms with E-state index < -0.39 is 0 Å². The second kappa shape index (κ2) is 9.19. The maximum atomic E-state index is 11.8. The van der Waals surface area contributed by atoms with Crippen molar-refractivity contribution in [3.05, 3.63) is 0 Å². The smallest absolute Gasteiger partial charge is 0.243 e. The van der Waals surface area contributed by atoms with Crippen molar-refractivity contribution >= 4 is 35.8 Å². The molecule has 1 saturated carbocycles. The van der Waals surface area contributed by atoms with Crippen LogP contribution in [0.1, 0.15) is 20.3 Å². The normalized spacial score (nSPS) is 27.5. The Morgan fingerprint density at radius 3 is 2.75 bits per heavy atom. The van der Waals surface area contributed by atoms with E-state index in [0.29, 0.717) is 37.2 Å². The summed E-state index contributed by atoms with van der Waals surface area (Å²) in [5.74, 6) is 1.16. The third-order valence-corrected chi connectivity index (χ3v) is 4.86. The number of nitrogens with one attached hydrogen (secondary N) is 2. The van der Waals surface area contributed by atoms with Crippen LogP contribution in [-0.2, 0) is 14.3 Å². The lowest BCUT2D eigenvalue weighted by Crippen LogP contribution is -2.68. The molecule has 3 unspecified atom stereocenters. The Kier molecular flexibility index (Phi) is 8.21. The summed E-state index contributed by atoms with van der Waals surface area (Å²) in [4.78, 5) is 17.7. The minimum atomic E-state index is -0.0206. The number of nitrogens with zero attached hydrogens (tertiary/aromatic N) is 2. The minimum Gasteiger partial charge on any atom is -0.383 e. The number of guanidine groups is 1. The molecule has 3 atom stereocenters. The lowest BCUT2D eigenvalue weighted by Gasteiger charge is -2.54. The van der Waals surface area contributed by atoms with Gasteiger partial charge in [0.05, 0.1) is 12.7 Å². The average molecular weight is 454 g/mol. The van der Waals surface area contributed by atoms with Crippen LogP contribution in [0.4, 0.5) is 0 Å². The number of hydrogen-bond donors (Lipinski definition) is 2. The van der Waals surface area contributed by atoms with Gasteiger partial charge in [-0.15, -0.1) is 24.0 Å². The number of likely N-dealkylation sites (N-methyl/N-ethyl adjacent to an activating group) is 1. The summed E-state index contributed by atoms with van der Waals surface area (Å²) < 4.78 is 10.9. The first-order chi connectivity index (χ1) is 10.9. The van der Waals surface area contributed by atoms with Crippen molar-refractivity contribution in [3.63, 3.8) is 0 Å². The van der Waals surface area contributed by atoms with Crippen molar-refractivity contribution in [1.29, 1.82) is 0 Å². The van der Waals surface area contributed by atoms with Crippen LogP contribution in [0, 0.1) is 11.3 Å². The molecule has 1 heterocycles. The number of amides is 1. The zero-order valence-electron chi connectivity index (χ0n) is 15.3. The molecule has 8 heteroatoms. The molecule has 0 spiro atoms. The molecule has 0 aromatic carbocycles. The maximum absolute atomic E-state index is 11.8. The molecule has 0 aromatic heterocycles. The van der Waals surface area contributed by atoms with Gasteiger partial charge in [-0.1, -0.05) is 13.8 Å². The van der Waals surface area contributed by atoms with E-state index in [2.05, 4.69) is 29.5 Å². The number of fused-ring (bicyclic) bond motifs is 1. The Labute approximate surface area is 161 Å². The molecule has 1 saturated heterocycles. The van der Waals surface area contributed by atoms with Crippen LogP contribution in [0.3, 0.4) is 0 Å². The number of hydrogen-bond acceptors (Lipinski definition) is 4. The van der Waals surface area contributed by atoms with E-state index in [-0.39, 0.29) is 41.8 Å². The van der Waals surface area contributed by atoms with Crippen molar-refractivity contribution < 1.29 is 14.3 Å². The van der Waals surface area contributed by atoms with Crippen LogP contribution in [0.15, 0.2) is 4.99 Å². The third kappa shape index (κ3) is 4.72. The Balaban J connectivity index is 0.00000288. The standard InChI is InChI=1S/C16H30N4O3.HI/c1-16(2)13(11-6-8-23-14(11)16)19-15(17-7-9-22-5)18-10-12(21)20(3)4;/h11,13-14H,6-10H2,1-5H3,(H2,17,18,19);1H. The number of halogens is 1. The van der Waals surface area contributed by atoms with Gasteiger partial charge < -0.3 is 25.0 Å². The highest BCUT2D eigenvalue weighted by Crippen LogP contribution is 2.52. The molecule has 2 aliphatic rings. The van der Waals surface area contributed by atoms with Crippen LogP contribution in [0.25, 0.3) is 0 Å². The van der Waals surface area contributed by atoms with Gasteiger partial charge >= 0.3 is 0 Å². The summed E-state index contributed by atoms with van der Waals surface area (Å²) in [7, 11) is 5.13. The predicted molar refractivity (Wildman–Crippen MR) is 105 cm³/mol. The van der Waals surface area contributed by atoms with Crippen molar-refractivity contribution in [2.45, 2.75) is 32.4 Å². The molecule has 2 rings (SSSR count). The highest BCUT2D eigenvalue weighted by Gasteiger charge is 2.59. The number of aliphatic imine (C=N–C) groups is 1. The highest BCUT2D eigenvalue weighted by atomic mass is 127. The lowest BCUT2D eigenvalue weighted by atomic mass is 9.57. The van der Waals surface area contributed by atoms with E-state index in [4.69, 9.17) is 9.47 Å². The van der Waals surface area contributed by atoms with Crippen molar-refractivity contribution in [2.24, 2.45) is 16.3 Å². The summed E-state index contributed by atoms with van der Waals surface area (Å²) in [6, 6.07) is 0.304. The second-order valence-corrected chi connectivity index (χ2v) is 7.06. The molecule has 0 radical (unpaired) electrons. The first-order valence-electron chi connectivity index (χ1n) is 8.23. The van der Waals surface area contributed by atoms with Crippen LogP contribution in [0.2, 0.25) is 0 Å². The van der Waals surface area contributed by atoms with Gasteiger partial charge in [0, 0.05) is 51.7 Å². The summed E-state index contributed by atoms with van der Waals surface area (Å²) >= 11 is 0. The van der Waals surface area contributed by atoms with Gasteiger partial charge in [-0.05, 0) is 6.42 Å². The summed E-state index contributed by atoms with van der Waals surface area (Å²) in [6.45, 7) is 6.64. The van der Waals surface area contributed by atoms with Crippen molar-refractivity contribution in [1.82, 2.24) is 15.5 Å². The zero-order chi connectivity index (χ0) is 17.0. The molecule has 140 valence electrons. The third-order valence-electron chi connectivity index (χ3n) is 4.86. The van der Waals surface area contributed by atoms with Gasteiger partial charge in [-0.3, -0.25) is 4.79 Å². The Morgan fingerprint density at radius 1 is 1.42 bits per heavy atom. The van der Waals surface area contributed by atoms with Gasteiger partial charge in [0.1, 0.15) is 6.54 Å². The summed E-state index contributed by atoms with van der Waals surface area (Å²) in [5, 5.41) is 6.74. The molecule has 1 aliphatic carbocycles. The molecular weight excluding hydrogens is 423 g/mol. The van der Waals surface area contributed by atoms with Gasteiger partial charge in [-0.25, -0.2) is 4.99 Å². The predicted octanol–water partition coefficient (Wildman–Crippen LogP) is 0.688. The van der Waals surface area contributed by atoms with Gasteiger partial charge in [0.25, 0.3) is 0 Å². The fourth-order valence-corrected chi connectivity index (χ4v) is 3.48. The number of ether oxygens (including phenoxy) is 2. The Morgan fingerprint density at radius 2 is 2.12 bits per heavy atom. The fourth-order valence-electron chi connectivity index (χ4n) is 3.48. The van der Waals surface area contributed by atoms with Gasteiger partial charge in [0.2, 0.25) is 5.91 Å². The SMILES string of the molecule is COCCNC(=NCC(=O)N(C)C)NC1C2CCOC2C1(C)C.I. The average Bonchev–Trinajstić information content (AvgIpc) is 2.95. The van der Waals surface area contributed by atoms with E-state index in [0.717, 1.165) is 13.0 Å². The van der Waals surface area contributed by atoms with Gasteiger partial charge in [-0.2, -0.15) is 0 Å². The monoisotopic (exact) mass is 454 g/mol. The molecule has 7 nitrogen and oxygen atoms in total. The number of carbonyl (C=O) groups is 1. The second-order valence-electron chi connectivity index (χ2n) is 7.06. The molecule has 0 bridgehead atoms. The van der Waals surface area contributed by atoms with Crippen LogP contribution in [0.5, 0.6) is 0 Å². The zero-order valence-corrected chi connectivity index (χ0v) is 17.6. The van der Waals surface area contributed by atoms with E-state index in [1.807, 2.05) is 0 Å². The summed E-state index contributed by atoms with van der Waals surface area (Å²) in [5.41, 5.74) is 0.0659. The van der Waals surface area contributed by atoms with Gasteiger partial charge in [0.15, 0.2) is 5.96 Å². The Hall–Kier alpha value is -0.610. The van der Waals surface area contributed by atoms with E-state index >= 15 is 0 Å². The largest absolute Gasteiger partial charge is 0.383 e. The summed E-state index contributed by atoms with van der Waals surface area (Å²) in [6.07, 6.45) is 1.40. The molecule has 2 fully saturated rings. The maximum Gasteiger partial charge on any atom is 0.243 e. The van der Waals surface area contributed by atoms with Crippen LogP contribution in [-0.4, -0.2) is 76.4 Å². The molecule has 0 aromatic rings. The molecule has 1 amide bonds. The first-order valence-corrected chi connectivity index (χ1v) is 8.23. The number of carbonyl (C=O) groups excluding carboxylic acids is 1. The molecule has 2 N–H and O–H groups in total. The topological polar surface area (TPSA) is 75.2 Å². The number of rotatable bonds is 6. The van der Waals surface area contributed by atoms with E-state index in [1.165, 1.54) is 0 Å². The van der Waals surface area contributed by atoms with Crippen molar-refractivity contribution in [3.8, 4) is 0 Å². The molecule has 24 heavy (non-hydrogen) atoms.